The van der Waals surface area contributed by atoms with Gasteiger partial charge < -0.3 is 10.8 Å². The minimum Gasteiger partial charge on any atom is -0.478 e. The quantitative estimate of drug-likeness (QED) is 0.715. The number of carboxylic acids is 1. The van der Waals surface area contributed by atoms with Gasteiger partial charge in [-0.1, -0.05) is 18.2 Å². The van der Waals surface area contributed by atoms with E-state index in [4.69, 9.17) is 10.8 Å². The summed E-state index contributed by atoms with van der Waals surface area (Å²) in [5.74, 6) is -7.57. The minimum atomic E-state index is -1.78. The zero-order valence-corrected chi connectivity index (χ0v) is 15.6. The second kappa shape index (κ2) is 9.36. The molecule has 1 fully saturated rings. The van der Waals surface area contributed by atoms with Crippen LogP contribution in [-0.2, 0) is 16.0 Å². The highest BCUT2D eigenvalue weighted by molar-refractivity contribution is 6.07. The van der Waals surface area contributed by atoms with Crippen molar-refractivity contribution < 1.29 is 32.7 Å². The van der Waals surface area contributed by atoms with E-state index >= 15 is 0 Å². The van der Waals surface area contributed by atoms with Crippen molar-refractivity contribution in [3.63, 3.8) is 0 Å². The Morgan fingerprint density at radius 1 is 1.14 bits per heavy atom. The molecule has 29 heavy (non-hydrogen) atoms. The van der Waals surface area contributed by atoms with Crippen LogP contribution in [0, 0.1) is 23.4 Å². The lowest BCUT2D eigenvalue weighted by atomic mass is 9.90. The van der Waals surface area contributed by atoms with Crippen LogP contribution in [0.2, 0.25) is 0 Å². The third-order valence-corrected chi connectivity index (χ3v) is 4.45. The second-order valence-electron chi connectivity index (χ2n) is 6.85. The van der Waals surface area contributed by atoms with Crippen molar-refractivity contribution in [2.24, 2.45) is 11.7 Å². The van der Waals surface area contributed by atoms with Gasteiger partial charge >= 0.3 is 5.97 Å². The molecule has 0 heterocycles. The number of carbonyl (C=O) groups is 3. The zero-order chi connectivity index (χ0) is 21.7. The molecule has 2 aromatic rings. The van der Waals surface area contributed by atoms with Crippen LogP contribution in [0.25, 0.3) is 0 Å². The first-order valence-electron chi connectivity index (χ1n) is 8.87. The number of hydrogen-bond acceptors (Lipinski definition) is 3. The highest BCUT2D eigenvalue weighted by atomic mass is 19.2. The Kier molecular flexibility index (Phi) is 7.14. The van der Waals surface area contributed by atoms with Gasteiger partial charge in [0.1, 0.15) is 23.1 Å². The Labute approximate surface area is 165 Å². The number of carbonyl (C=O) groups excluding carboxylic acids is 2. The number of hydrogen-bond donors (Lipinski definition) is 2. The van der Waals surface area contributed by atoms with Gasteiger partial charge in [0, 0.05) is 0 Å². The first-order chi connectivity index (χ1) is 13.6. The lowest BCUT2D eigenvalue weighted by Crippen LogP contribution is -2.29. The molecule has 1 aliphatic rings. The van der Waals surface area contributed by atoms with Crippen LogP contribution in [0.3, 0.4) is 0 Å². The van der Waals surface area contributed by atoms with Gasteiger partial charge in [0.25, 0.3) is 0 Å². The van der Waals surface area contributed by atoms with Gasteiger partial charge in [-0.3, -0.25) is 9.59 Å². The first kappa shape index (κ1) is 22.1. The van der Waals surface area contributed by atoms with E-state index in [1.807, 2.05) is 6.07 Å². The van der Waals surface area contributed by atoms with Crippen LogP contribution < -0.4 is 5.73 Å². The molecule has 0 radical (unpaired) electrons. The van der Waals surface area contributed by atoms with E-state index in [1.54, 1.807) is 12.1 Å². The maximum absolute atomic E-state index is 13.4. The van der Waals surface area contributed by atoms with Gasteiger partial charge in [-0.2, -0.15) is 0 Å². The van der Waals surface area contributed by atoms with Gasteiger partial charge in [-0.15, -0.1) is 0 Å². The molecule has 154 valence electrons. The number of Topliss-reactive ketones (excluding diaryl/α,β-unsaturated/α-hetero) is 1. The summed E-state index contributed by atoms with van der Waals surface area (Å²) in [4.78, 5) is 33.2. The second-order valence-corrected chi connectivity index (χ2v) is 6.85. The van der Waals surface area contributed by atoms with Gasteiger partial charge in [-0.25, -0.2) is 18.0 Å². The summed E-state index contributed by atoms with van der Waals surface area (Å²) in [7, 11) is 0. The van der Waals surface area contributed by atoms with Crippen molar-refractivity contribution >= 4 is 17.7 Å². The lowest BCUT2D eigenvalue weighted by molar-refractivity contribution is -0.127. The van der Waals surface area contributed by atoms with Crippen LogP contribution in [0.4, 0.5) is 13.2 Å². The molecule has 0 saturated heterocycles. The summed E-state index contributed by atoms with van der Waals surface area (Å²) >= 11 is 0. The smallest absolute Gasteiger partial charge is 0.339 e. The van der Waals surface area contributed by atoms with E-state index in [0.29, 0.717) is 6.07 Å². The summed E-state index contributed by atoms with van der Waals surface area (Å²) in [6.07, 6.45) is 3.73. The lowest BCUT2D eigenvalue weighted by Gasteiger charge is -2.13. The van der Waals surface area contributed by atoms with Crippen molar-refractivity contribution in [3.05, 3.63) is 70.5 Å². The summed E-state index contributed by atoms with van der Waals surface area (Å²) in [5.41, 5.74) is 4.59. The van der Waals surface area contributed by atoms with Crippen molar-refractivity contribution in [2.45, 2.75) is 32.1 Å². The standard InChI is InChI=1S/C11H9F2NO4.C10H11F/c1-4(15)7(10(14)16)5-2-3-6(12)9(13)8(5)11(17)18;11-10-3-1-2-9(7-10)6-8-4-5-8/h2-3,7H,1H3,(H2,14,16)(H,17,18);1-3,7-8H,4-6H2. The normalized spacial score (nSPS) is 13.8. The molecule has 3 N–H and O–H groups in total. The number of rotatable bonds is 6. The molecule has 3 rings (SSSR count). The predicted octanol–water partition coefficient (Wildman–Crippen LogP) is 3.60. The summed E-state index contributed by atoms with van der Waals surface area (Å²) in [5, 5.41) is 8.81. The molecular formula is C21H20F3NO4. The zero-order valence-electron chi connectivity index (χ0n) is 15.6. The summed E-state index contributed by atoms with van der Waals surface area (Å²) in [6, 6.07) is 8.41. The molecular weight excluding hydrogens is 387 g/mol. The number of amides is 1. The highest BCUT2D eigenvalue weighted by Crippen LogP contribution is 2.32. The Morgan fingerprint density at radius 3 is 2.28 bits per heavy atom. The van der Waals surface area contributed by atoms with Crippen molar-refractivity contribution in [1.82, 2.24) is 0 Å². The number of primary amides is 1. The van der Waals surface area contributed by atoms with Crippen LogP contribution in [0.5, 0.6) is 0 Å². The van der Waals surface area contributed by atoms with E-state index in [0.717, 1.165) is 30.9 Å². The monoisotopic (exact) mass is 407 g/mol. The SMILES string of the molecule is CC(=O)C(C(N)=O)c1ccc(F)c(F)c1C(=O)O.Fc1cccc(CC2CC2)c1. The molecule has 5 nitrogen and oxygen atoms in total. The number of nitrogens with two attached hydrogens (primary N) is 1. The van der Waals surface area contributed by atoms with Crippen molar-refractivity contribution in [2.75, 3.05) is 0 Å². The number of halogens is 3. The molecule has 2 aromatic carbocycles. The molecule has 1 aliphatic carbocycles. The van der Waals surface area contributed by atoms with Crippen LogP contribution in [0.15, 0.2) is 36.4 Å². The van der Waals surface area contributed by atoms with Gasteiger partial charge in [0.05, 0.1) is 0 Å². The summed E-state index contributed by atoms with van der Waals surface area (Å²) < 4.78 is 39.0. The molecule has 0 aliphatic heterocycles. The van der Waals surface area contributed by atoms with Crippen molar-refractivity contribution in [3.8, 4) is 0 Å². The van der Waals surface area contributed by atoms with E-state index in [2.05, 4.69) is 0 Å². The molecule has 0 bridgehead atoms. The molecule has 1 unspecified atom stereocenters. The topological polar surface area (TPSA) is 97.5 Å². The van der Waals surface area contributed by atoms with Crippen LogP contribution in [0.1, 0.15) is 47.2 Å². The number of carboxylic acid groups (broad SMARTS) is 1. The fraction of sp³-hybridized carbons (Fsp3) is 0.286. The average molecular weight is 407 g/mol. The minimum absolute atomic E-state index is 0.108. The Balaban J connectivity index is 0.000000230. The number of benzene rings is 2. The Hall–Kier alpha value is -3.16. The van der Waals surface area contributed by atoms with E-state index in [1.165, 1.54) is 18.9 Å². The summed E-state index contributed by atoms with van der Waals surface area (Å²) in [6.45, 7) is 1.00. The maximum atomic E-state index is 13.4. The van der Waals surface area contributed by atoms with E-state index in [-0.39, 0.29) is 5.82 Å². The van der Waals surface area contributed by atoms with Gasteiger partial charge in [0.2, 0.25) is 5.91 Å². The molecule has 1 amide bonds. The Bertz CT molecular complexity index is 928. The first-order valence-corrected chi connectivity index (χ1v) is 8.87. The fourth-order valence-electron chi connectivity index (χ4n) is 2.92. The van der Waals surface area contributed by atoms with Gasteiger partial charge in [0.15, 0.2) is 11.6 Å². The molecule has 1 saturated carbocycles. The molecule has 8 heteroatoms. The predicted molar refractivity (Wildman–Crippen MR) is 98.8 cm³/mol. The molecule has 0 aromatic heterocycles. The third-order valence-electron chi connectivity index (χ3n) is 4.45. The fourth-order valence-corrected chi connectivity index (χ4v) is 2.92. The van der Waals surface area contributed by atoms with Crippen molar-refractivity contribution in [1.29, 1.82) is 0 Å². The molecule has 0 spiro atoms. The third kappa shape index (κ3) is 5.91. The Morgan fingerprint density at radius 2 is 1.79 bits per heavy atom. The maximum Gasteiger partial charge on any atom is 0.339 e. The largest absolute Gasteiger partial charge is 0.478 e. The van der Waals surface area contributed by atoms with Crippen LogP contribution >= 0.6 is 0 Å². The van der Waals surface area contributed by atoms with Gasteiger partial charge in [-0.05, 0) is 61.4 Å². The average Bonchev–Trinajstić information content (AvgIpc) is 3.42. The number of ketones is 1. The van der Waals surface area contributed by atoms with E-state index < -0.39 is 46.3 Å². The number of aromatic carboxylic acids is 1. The highest BCUT2D eigenvalue weighted by Gasteiger charge is 2.31. The van der Waals surface area contributed by atoms with E-state index in [9.17, 15) is 27.6 Å². The van der Waals surface area contributed by atoms with Crippen LogP contribution in [-0.4, -0.2) is 22.8 Å². The molecule has 1 atom stereocenters.